The first-order chi connectivity index (χ1) is 5.69. The van der Waals surface area contributed by atoms with Gasteiger partial charge in [-0.25, -0.2) is 4.98 Å². The molecule has 0 aliphatic carbocycles. The van der Waals surface area contributed by atoms with Crippen molar-refractivity contribution in [3.8, 4) is 11.5 Å². The number of nitrogens with zero attached hydrogens (tertiary/aromatic N) is 1. The monoisotopic (exact) mass is 295 g/mol. The minimum Gasteiger partial charge on any atom is -0.493 e. The number of hydrogen-bond acceptors (Lipinski definition) is 3. The second-order valence-corrected chi connectivity index (χ2v) is 3.53. The summed E-state index contributed by atoms with van der Waals surface area (Å²) in [6.07, 6.45) is 0. The fourth-order valence-corrected chi connectivity index (χ4v) is 1.96. The Balaban J connectivity index is 3.24. The standard InChI is InChI=1S/C7H7Br2NO2/c1-11-4-3-5(8)10-7(9)6(4)12-2/h3H,1-2H3. The van der Waals surface area contributed by atoms with Crippen LogP contribution in [-0.2, 0) is 0 Å². The summed E-state index contributed by atoms with van der Waals surface area (Å²) in [6, 6.07) is 1.74. The van der Waals surface area contributed by atoms with Gasteiger partial charge < -0.3 is 9.47 Å². The number of methoxy groups -OCH3 is 2. The van der Waals surface area contributed by atoms with Crippen molar-refractivity contribution in [3.05, 3.63) is 15.3 Å². The molecule has 0 radical (unpaired) electrons. The quantitative estimate of drug-likeness (QED) is 0.786. The van der Waals surface area contributed by atoms with Gasteiger partial charge in [-0.15, -0.1) is 0 Å². The molecule has 0 spiro atoms. The SMILES string of the molecule is COc1cc(Br)nc(Br)c1OC. The molecule has 0 aromatic carbocycles. The molecule has 1 aromatic heterocycles. The summed E-state index contributed by atoms with van der Waals surface area (Å²) in [5.41, 5.74) is 0. The lowest BCUT2D eigenvalue weighted by Gasteiger charge is -2.08. The van der Waals surface area contributed by atoms with E-state index in [1.54, 1.807) is 20.3 Å². The zero-order chi connectivity index (χ0) is 9.14. The third-order valence-electron chi connectivity index (χ3n) is 1.29. The largest absolute Gasteiger partial charge is 0.493 e. The third kappa shape index (κ3) is 1.90. The maximum Gasteiger partial charge on any atom is 0.193 e. The molecule has 0 amide bonds. The minimum absolute atomic E-state index is 0.598. The molecule has 3 nitrogen and oxygen atoms in total. The van der Waals surface area contributed by atoms with Crippen LogP contribution in [0.15, 0.2) is 15.3 Å². The van der Waals surface area contributed by atoms with E-state index in [0.29, 0.717) is 20.7 Å². The van der Waals surface area contributed by atoms with Gasteiger partial charge >= 0.3 is 0 Å². The van der Waals surface area contributed by atoms with Crippen LogP contribution < -0.4 is 9.47 Å². The number of hydrogen-bond donors (Lipinski definition) is 0. The first-order valence-corrected chi connectivity index (χ1v) is 4.71. The second kappa shape index (κ2) is 4.09. The van der Waals surface area contributed by atoms with Gasteiger partial charge in [0.25, 0.3) is 0 Å². The first kappa shape index (κ1) is 9.80. The molecule has 0 saturated carbocycles. The Labute approximate surface area is 87.3 Å². The predicted octanol–water partition coefficient (Wildman–Crippen LogP) is 2.62. The van der Waals surface area contributed by atoms with Crippen LogP contribution in [-0.4, -0.2) is 19.2 Å². The highest BCUT2D eigenvalue weighted by molar-refractivity contribution is 9.11. The Morgan fingerprint density at radius 3 is 2.42 bits per heavy atom. The number of rotatable bonds is 2. The topological polar surface area (TPSA) is 31.4 Å². The fraction of sp³-hybridized carbons (Fsp3) is 0.286. The van der Waals surface area contributed by atoms with Crippen LogP contribution in [0.3, 0.4) is 0 Å². The van der Waals surface area contributed by atoms with Crippen LogP contribution in [0.4, 0.5) is 0 Å². The van der Waals surface area contributed by atoms with Gasteiger partial charge in [0, 0.05) is 6.07 Å². The Morgan fingerprint density at radius 2 is 1.92 bits per heavy atom. The lowest BCUT2D eigenvalue weighted by Crippen LogP contribution is -1.93. The van der Waals surface area contributed by atoms with Crippen LogP contribution in [0.1, 0.15) is 0 Å². The smallest absolute Gasteiger partial charge is 0.193 e. The Hall–Kier alpha value is -0.290. The summed E-state index contributed by atoms with van der Waals surface area (Å²) < 4.78 is 11.5. The fourth-order valence-electron chi connectivity index (χ4n) is 0.789. The van der Waals surface area contributed by atoms with Crippen molar-refractivity contribution >= 4 is 31.9 Å². The van der Waals surface area contributed by atoms with E-state index >= 15 is 0 Å². The van der Waals surface area contributed by atoms with Crippen molar-refractivity contribution in [2.24, 2.45) is 0 Å². The van der Waals surface area contributed by atoms with Crippen LogP contribution >= 0.6 is 31.9 Å². The van der Waals surface area contributed by atoms with E-state index in [9.17, 15) is 0 Å². The van der Waals surface area contributed by atoms with Crippen molar-refractivity contribution in [3.63, 3.8) is 0 Å². The molecule has 0 unspecified atom stereocenters. The second-order valence-electron chi connectivity index (χ2n) is 1.97. The van der Waals surface area contributed by atoms with Gasteiger partial charge in [-0.3, -0.25) is 0 Å². The Kier molecular flexibility index (Phi) is 3.34. The van der Waals surface area contributed by atoms with E-state index in [2.05, 4.69) is 36.8 Å². The van der Waals surface area contributed by atoms with Crippen molar-refractivity contribution < 1.29 is 9.47 Å². The Morgan fingerprint density at radius 1 is 1.25 bits per heavy atom. The Bertz CT molecular complexity index is 291. The van der Waals surface area contributed by atoms with Gasteiger partial charge in [0.1, 0.15) is 4.60 Å². The molecule has 0 aliphatic rings. The van der Waals surface area contributed by atoms with Gasteiger partial charge in [-0.2, -0.15) is 0 Å². The van der Waals surface area contributed by atoms with Gasteiger partial charge in [0.15, 0.2) is 16.1 Å². The normalized spacial score (nSPS) is 9.67. The average Bonchev–Trinajstić information content (AvgIpc) is 2.03. The highest BCUT2D eigenvalue weighted by Gasteiger charge is 2.10. The first-order valence-electron chi connectivity index (χ1n) is 3.13. The summed E-state index contributed by atoms with van der Waals surface area (Å²) in [5.74, 6) is 1.24. The molecule has 0 aliphatic heterocycles. The zero-order valence-electron chi connectivity index (χ0n) is 6.60. The third-order valence-corrected chi connectivity index (χ3v) is 2.23. The van der Waals surface area contributed by atoms with Crippen LogP contribution in [0.2, 0.25) is 0 Å². The van der Waals surface area contributed by atoms with E-state index in [1.165, 1.54) is 0 Å². The van der Waals surface area contributed by atoms with Gasteiger partial charge in [-0.1, -0.05) is 0 Å². The lowest BCUT2D eigenvalue weighted by atomic mass is 10.4. The number of aromatic nitrogens is 1. The molecule has 0 saturated heterocycles. The maximum atomic E-state index is 5.07. The molecule has 12 heavy (non-hydrogen) atoms. The van der Waals surface area contributed by atoms with E-state index in [4.69, 9.17) is 9.47 Å². The number of ether oxygens (including phenoxy) is 2. The summed E-state index contributed by atoms with van der Waals surface area (Å²) in [5, 5.41) is 0. The van der Waals surface area contributed by atoms with Crippen LogP contribution in [0, 0.1) is 0 Å². The van der Waals surface area contributed by atoms with E-state index in [1.807, 2.05) is 0 Å². The summed E-state index contributed by atoms with van der Waals surface area (Å²) in [6.45, 7) is 0. The summed E-state index contributed by atoms with van der Waals surface area (Å²) in [4.78, 5) is 4.08. The molecule has 0 fully saturated rings. The van der Waals surface area contributed by atoms with E-state index in [-0.39, 0.29) is 0 Å². The van der Waals surface area contributed by atoms with Crippen molar-refractivity contribution in [1.82, 2.24) is 4.98 Å². The molecule has 66 valence electrons. The zero-order valence-corrected chi connectivity index (χ0v) is 9.77. The van der Waals surface area contributed by atoms with Crippen molar-refractivity contribution in [1.29, 1.82) is 0 Å². The summed E-state index contributed by atoms with van der Waals surface area (Å²) >= 11 is 6.49. The molecular formula is C7H7Br2NO2. The van der Waals surface area contributed by atoms with Gasteiger partial charge in [-0.05, 0) is 31.9 Å². The van der Waals surface area contributed by atoms with Crippen LogP contribution in [0.25, 0.3) is 0 Å². The van der Waals surface area contributed by atoms with Crippen LogP contribution in [0.5, 0.6) is 11.5 Å². The molecule has 5 heteroatoms. The van der Waals surface area contributed by atoms with E-state index < -0.39 is 0 Å². The molecule has 1 aromatic rings. The number of halogens is 2. The molecule has 1 heterocycles. The molecular weight excluding hydrogens is 290 g/mol. The molecule has 0 atom stereocenters. The predicted molar refractivity (Wildman–Crippen MR) is 52.7 cm³/mol. The lowest BCUT2D eigenvalue weighted by molar-refractivity contribution is 0.350. The highest BCUT2D eigenvalue weighted by atomic mass is 79.9. The average molecular weight is 297 g/mol. The van der Waals surface area contributed by atoms with E-state index in [0.717, 1.165) is 0 Å². The maximum absolute atomic E-state index is 5.07. The minimum atomic E-state index is 0.598. The molecule has 0 N–H and O–H groups in total. The van der Waals surface area contributed by atoms with Crippen molar-refractivity contribution in [2.45, 2.75) is 0 Å². The van der Waals surface area contributed by atoms with Gasteiger partial charge in [0.2, 0.25) is 0 Å². The summed E-state index contributed by atoms with van der Waals surface area (Å²) in [7, 11) is 3.15. The number of pyridine rings is 1. The molecule has 1 rings (SSSR count). The molecule has 0 bridgehead atoms. The highest BCUT2D eigenvalue weighted by Crippen LogP contribution is 2.35. The van der Waals surface area contributed by atoms with Gasteiger partial charge in [0.05, 0.1) is 14.2 Å². The van der Waals surface area contributed by atoms with Crippen molar-refractivity contribution in [2.75, 3.05) is 14.2 Å².